The van der Waals surface area contributed by atoms with E-state index in [1.807, 2.05) is 13.0 Å². The molecule has 0 saturated carbocycles. The van der Waals surface area contributed by atoms with Gasteiger partial charge in [-0.05, 0) is 56.2 Å². The van der Waals surface area contributed by atoms with Crippen LogP contribution in [-0.4, -0.2) is 36.0 Å². The Morgan fingerprint density at radius 2 is 1.96 bits per heavy atom. The van der Waals surface area contributed by atoms with Gasteiger partial charge in [0.1, 0.15) is 5.76 Å². The van der Waals surface area contributed by atoms with Crippen molar-refractivity contribution >= 4 is 26.0 Å². The third kappa shape index (κ3) is 3.71. The van der Waals surface area contributed by atoms with Gasteiger partial charge in [-0.15, -0.1) is 0 Å². The first kappa shape index (κ1) is 18.4. The van der Waals surface area contributed by atoms with Crippen LogP contribution in [0.2, 0.25) is 0 Å². The summed E-state index contributed by atoms with van der Waals surface area (Å²) in [6, 6.07) is 10.3. The second kappa shape index (κ2) is 7.21. The van der Waals surface area contributed by atoms with E-state index < -0.39 is 10.0 Å². The van der Waals surface area contributed by atoms with Crippen LogP contribution in [0.4, 0.5) is 0 Å². The van der Waals surface area contributed by atoms with Crippen molar-refractivity contribution in [1.29, 1.82) is 0 Å². The van der Waals surface area contributed by atoms with E-state index in [0.717, 1.165) is 23.1 Å². The summed E-state index contributed by atoms with van der Waals surface area (Å²) in [7, 11) is -3.56. The zero-order valence-electron chi connectivity index (χ0n) is 14.6. The first-order chi connectivity index (χ1) is 12.9. The summed E-state index contributed by atoms with van der Waals surface area (Å²) in [5.74, 6) is 1.99. The van der Waals surface area contributed by atoms with Crippen LogP contribution in [0.3, 0.4) is 0 Å². The summed E-state index contributed by atoms with van der Waals surface area (Å²) < 4.78 is 39.1. The molecule has 0 N–H and O–H groups in total. The molecule has 0 bridgehead atoms. The summed E-state index contributed by atoms with van der Waals surface area (Å²) in [5.41, 5.74) is 0. The van der Waals surface area contributed by atoms with E-state index >= 15 is 0 Å². The molecule has 1 aromatic carbocycles. The number of halogens is 1. The third-order valence-electron chi connectivity index (χ3n) is 4.59. The summed E-state index contributed by atoms with van der Waals surface area (Å²) >= 11 is 3.33. The molecule has 1 aliphatic heterocycles. The van der Waals surface area contributed by atoms with Crippen LogP contribution >= 0.6 is 15.9 Å². The van der Waals surface area contributed by atoms with E-state index in [1.54, 1.807) is 30.3 Å². The van der Waals surface area contributed by atoms with Crippen molar-refractivity contribution in [2.75, 3.05) is 13.1 Å². The molecule has 1 saturated heterocycles. The van der Waals surface area contributed by atoms with Gasteiger partial charge < -0.3 is 8.94 Å². The Morgan fingerprint density at radius 1 is 1.19 bits per heavy atom. The van der Waals surface area contributed by atoms with Gasteiger partial charge in [-0.25, -0.2) is 8.42 Å². The van der Waals surface area contributed by atoms with Crippen molar-refractivity contribution in [3.8, 4) is 11.6 Å². The molecule has 0 unspecified atom stereocenters. The zero-order valence-corrected chi connectivity index (χ0v) is 17.0. The maximum absolute atomic E-state index is 12.9. The predicted molar refractivity (Wildman–Crippen MR) is 102 cm³/mol. The molecule has 3 heterocycles. The van der Waals surface area contributed by atoms with Gasteiger partial charge in [0.25, 0.3) is 0 Å². The van der Waals surface area contributed by atoms with Crippen molar-refractivity contribution in [2.45, 2.75) is 30.6 Å². The molecule has 0 aliphatic carbocycles. The quantitative estimate of drug-likeness (QED) is 0.595. The summed E-state index contributed by atoms with van der Waals surface area (Å²) in [4.78, 5) is 4.70. The van der Waals surface area contributed by atoms with Gasteiger partial charge in [-0.3, -0.25) is 0 Å². The van der Waals surface area contributed by atoms with E-state index in [2.05, 4.69) is 26.1 Å². The van der Waals surface area contributed by atoms with Crippen LogP contribution in [-0.2, 0) is 10.0 Å². The van der Waals surface area contributed by atoms with Crippen LogP contribution in [0.15, 0.2) is 54.7 Å². The average molecular weight is 452 g/mol. The monoisotopic (exact) mass is 451 g/mol. The molecule has 1 fully saturated rings. The molecular formula is C18H18BrN3O4S. The SMILES string of the molecule is Cc1ccc(-c2noc([C@H]3CCCN(S(=O)(=O)c4ccc(Br)cc4)C3)n2)o1. The van der Waals surface area contributed by atoms with Crippen molar-refractivity contribution in [1.82, 2.24) is 14.4 Å². The summed E-state index contributed by atoms with van der Waals surface area (Å²) in [5, 5.41) is 3.98. The van der Waals surface area contributed by atoms with Gasteiger partial charge in [0, 0.05) is 17.6 Å². The predicted octanol–water partition coefficient (Wildman–Crippen LogP) is 3.97. The number of rotatable bonds is 4. The molecule has 9 heteroatoms. The highest BCUT2D eigenvalue weighted by Gasteiger charge is 2.33. The Kier molecular flexibility index (Phi) is 4.92. The molecule has 0 radical (unpaired) electrons. The fourth-order valence-corrected chi connectivity index (χ4v) is 4.96. The minimum Gasteiger partial charge on any atom is -0.458 e. The molecule has 1 aliphatic rings. The Labute approximate surface area is 165 Å². The van der Waals surface area contributed by atoms with Crippen LogP contribution < -0.4 is 0 Å². The first-order valence-corrected chi connectivity index (χ1v) is 10.8. The molecule has 2 aromatic heterocycles. The molecule has 0 spiro atoms. The Morgan fingerprint density at radius 3 is 2.67 bits per heavy atom. The maximum Gasteiger partial charge on any atom is 0.243 e. The molecule has 4 rings (SSSR count). The number of hydrogen-bond acceptors (Lipinski definition) is 6. The summed E-state index contributed by atoms with van der Waals surface area (Å²) in [6.07, 6.45) is 1.53. The highest BCUT2D eigenvalue weighted by Crippen LogP contribution is 2.31. The number of piperidine rings is 1. The molecule has 27 heavy (non-hydrogen) atoms. The molecule has 7 nitrogen and oxygen atoms in total. The van der Waals surface area contributed by atoms with E-state index in [4.69, 9.17) is 8.94 Å². The maximum atomic E-state index is 12.9. The molecular weight excluding hydrogens is 434 g/mol. The molecule has 0 amide bonds. The van der Waals surface area contributed by atoms with Gasteiger partial charge in [-0.1, -0.05) is 21.1 Å². The number of furan rings is 1. The number of sulfonamides is 1. The molecule has 142 valence electrons. The van der Waals surface area contributed by atoms with Gasteiger partial charge in [-0.2, -0.15) is 9.29 Å². The standard InChI is InChI=1S/C18H18BrN3O4S/c1-12-4-9-16(25-12)17-20-18(26-21-17)13-3-2-10-22(11-13)27(23,24)15-7-5-14(19)6-8-15/h4-9,13H,2-3,10-11H2,1H3/t13-/m0/s1. The van der Waals surface area contributed by atoms with Crippen LogP contribution in [0.5, 0.6) is 0 Å². The van der Waals surface area contributed by atoms with Crippen molar-refractivity contribution in [3.05, 3.63) is 52.5 Å². The van der Waals surface area contributed by atoms with Crippen molar-refractivity contribution < 1.29 is 17.4 Å². The van der Waals surface area contributed by atoms with E-state index in [0.29, 0.717) is 30.6 Å². The average Bonchev–Trinajstić information content (AvgIpc) is 3.31. The first-order valence-electron chi connectivity index (χ1n) is 8.59. The normalized spacial score (nSPS) is 18.7. The van der Waals surface area contributed by atoms with Gasteiger partial charge >= 0.3 is 0 Å². The lowest BCUT2D eigenvalue weighted by atomic mass is 10.00. The largest absolute Gasteiger partial charge is 0.458 e. The van der Waals surface area contributed by atoms with Gasteiger partial charge in [0.15, 0.2) is 5.76 Å². The number of nitrogens with zero attached hydrogens (tertiary/aromatic N) is 3. The van der Waals surface area contributed by atoms with Crippen molar-refractivity contribution in [3.63, 3.8) is 0 Å². The van der Waals surface area contributed by atoms with Gasteiger partial charge in [0.2, 0.25) is 21.7 Å². The minimum absolute atomic E-state index is 0.138. The minimum atomic E-state index is -3.56. The number of aromatic nitrogens is 2. The lowest BCUT2D eigenvalue weighted by molar-refractivity contribution is 0.265. The fourth-order valence-electron chi connectivity index (χ4n) is 3.17. The Bertz CT molecular complexity index is 1040. The highest BCUT2D eigenvalue weighted by molar-refractivity contribution is 9.10. The number of benzene rings is 1. The Balaban J connectivity index is 1.54. The smallest absolute Gasteiger partial charge is 0.243 e. The summed E-state index contributed by atoms with van der Waals surface area (Å²) in [6.45, 7) is 2.64. The lowest BCUT2D eigenvalue weighted by Gasteiger charge is -2.30. The molecule has 1 atom stereocenters. The number of hydrogen-bond donors (Lipinski definition) is 0. The fraction of sp³-hybridized carbons (Fsp3) is 0.333. The lowest BCUT2D eigenvalue weighted by Crippen LogP contribution is -2.39. The van der Waals surface area contributed by atoms with E-state index in [9.17, 15) is 8.42 Å². The number of aryl methyl sites for hydroxylation is 1. The van der Waals surface area contributed by atoms with Gasteiger partial charge in [0.05, 0.1) is 10.8 Å². The van der Waals surface area contributed by atoms with E-state index in [-0.39, 0.29) is 10.8 Å². The van der Waals surface area contributed by atoms with Crippen LogP contribution in [0.25, 0.3) is 11.6 Å². The van der Waals surface area contributed by atoms with Crippen LogP contribution in [0, 0.1) is 6.92 Å². The third-order valence-corrected chi connectivity index (χ3v) is 7.00. The second-order valence-electron chi connectivity index (χ2n) is 6.52. The molecule has 3 aromatic rings. The Hall–Kier alpha value is -1.97. The van der Waals surface area contributed by atoms with Crippen molar-refractivity contribution in [2.24, 2.45) is 0 Å². The zero-order chi connectivity index (χ0) is 19.0. The second-order valence-corrected chi connectivity index (χ2v) is 9.38. The highest BCUT2D eigenvalue weighted by atomic mass is 79.9. The topological polar surface area (TPSA) is 89.4 Å². The van der Waals surface area contributed by atoms with E-state index in [1.165, 1.54) is 4.31 Å². The van der Waals surface area contributed by atoms with Crippen LogP contribution in [0.1, 0.15) is 30.4 Å².